The Balaban J connectivity index is 1.18. The van der Waals surface area contributed by atoms with Gasteiger partial charge in [-0.05, 0) is 52.2 Å². The molecule has 48 heavy (non-hydrogen) atoms. The molecule has 10 rings (SSSR count). The molecule has 3 heterocycles. The van der Waals surface area contributed by atoms with Crippen molar-refractivity contribution in [3.63, 3.8) is 0 Å². The van der Waals surface area contributed by atoms with Crippen molar-refractivity contribution in [1.82, 2.24) is 15.0 Å². The molecule has 0 N–H and O–H groups in total. The van der Waals surface area contributed by atoms with Crippen LogP contribution in [0.2, 0.25) is 0 Å². The molecule has 3 aromatic heterocycles. The quantitative estimate of drug-likeness (QED) is 0.194. The number of hydrogen-bond acceptors (Lipinski definition) is 5. The molecule has 0 spiro atoms. The molecule has 0 amide bonds. The zero-order valence-corrected chi connectivity index (χ0v) is 26.4. The summed E-state index contributed by atoms with van der Waals surface area (Å²) in [5.41, 5.74) is 6.74. The van der Waals surface area contributed by atoms with Crippen LogP contribution in [0.5, 0.6) is 0 Å². The topological polar surface area (TPSA) is 51.8 Å². The first-order valence-electron chi connectivity index (χ1n) is 15.9. The van der Waals surface area contributed by atoms with Gasteiger partial charge >= 0.3 is 0 Å². The van der Waals surface area contributed by atoms with Crippen LogP contribution in [-0.2, 0) is 0 Å². The van der Waals surface area contributed by atoms with Crippen molar-refractivity contribution in [1.29, 1.82) is 0 Å². The SMILES string of the molecule is c1ccc(-c2nc(-c3ccccc3)nc(-c3cccc4oc5cc(-c6cc7sc8ccccc8c7c7ccccc67)ccc5c34)n2)cc1. The minimum Gasteiger partial charge on any atom is -0.456 e. The van der Waals surface area contributed by atoms with Crippen LogP contribution >= 0.6 is 11.3 Å². The van der Waals surface area contributed by atoms with Crippen LogP contribution in [0.15, 0.2) is 156 Å². The summed E-state index contributed by atoms with van der Waals surface area (Å²) < 4.78 is 9.18. The van der Waals surface area contributed by atoms with Crippen LogP contribution in [0.25, 0.3) is 98.2 Å². The summed E-state index contributed by atoms with van der Waals surface area (Å²) in [6.07, 6.45) is 0. The van der Waals surface area contributed by atoms with Gasteiger partial charge in [-0.2, -0.15) is 0 Å². The fourth-order valence-corrected chi connectivity index (χ4v) is 8.10. The monoisotopic (exact) mass is 631 g/mol. The Morgan fingerprint density at radius 2 is 1.02 bits per heavy atom. The summed E-state index contributed by atoms with van der Waals surface area (Å²) in [5.74, 6) is 1.88. The minimum atomic E-state index is 0.612. The second kappa shape index (κ2) is 10.7. The van der Waals surface area contributed by atoms with Crippen molar-refractivity contribution in [2.24, 2.45) is 0 Å². The van der Waals surface area contributed by atoms with Crippen molar-refractivity contribution in [2.75, 3.05) is 0 Å². The van der Waals surface area contributed by atoms with E-state index >= 15 is 0 Å². The fourth-order valence-electron chi connectivity index (χ4n) is 6.94. The van der Waals surface area contributed by atoms with E-state index in [0.29, 0.717) is 17.5 Å². The van der Waals surface area contributed by atoms with Gasteiger partial charge in [0, 0.05) is 47.6 Å². The molecular formula is C43H25N3OS. The Morgan fingerprint density at radius 1 is 0.375 bits per heavy atom. The molecule has 224 valence electrons. The molecule has 0 atom stereocenters. The van der Waals surface area contributed by atoms with Crippen molar-refractivity contribution in [2.45, 2.75) is 0 Å². The number of fused-ring (bicyclic) bond motifs is 8. The Hall–Kier alpha value is -6.17. The van der Waals surface area contributed by atoms with Gasteiger partial charge in [-0.15, -0.1) is 11.3 Å². The van der Waals surface area contributed by atoms with Crippen molar-refractivity contribution in [3.8, 4) is 45.3 Å². The Kier molecular flexibility index (Phi) is 6.01. The van der Waals surface area contributed by atoms with Crippen LogP contribution in [0.1, 0.15) is 0 Å². The van der Waals surface area contributed by atoms with E-state index in [1.165, 1.54) is 36.5 Å². The van der Waals surface area contributed by atoms with E-state index in [2.05, 4.69) is 78.9 Å². The Morgan fingerprint density at radius 3 is 1.77 bits per heavy atom. The van der Waals surface area contributed by atoms with Gasteiger partial charge in [-0.3, -0.25) is 0 Å². The summed E-state index contributed by atoms with van der Waals surface area (Å²) in [6.45, 7) is 0. The van der Waals surface area contributed by atoms with Crippen LogP contribution in [0.4, 0.5) is 0 Å². The number of hydrogen-bond donors (Lipinski definition) is 0. The summed E-state index contributed by atoms with van der Waals surface area (Å²) in [7, 11) is 0. The number of nitrogens with zero attached hydrogens (tertiary/aromatic N) is 3. The highest BCUT2D eigenvalue weighted by molar-refractivity contribution is 7.26. The lowest BCUT2D eigenvalue weighted by Crippen LogP contribution is -2.00. The zero-order valence-electron chi connectivity index (χ0n) is 25.6. The Labute approximate surface area is 279 Å². The third-order valence-corrected chi connectivity index (χ3v) is 10.3. The largest absolute Gasteiger partial charge is 0.456 e. The average molecular weight is 632 g/mol. The van der Waals surface area contributed by atoms with Gasteiger partial charge in [-0.1, -0.05) is 121 Å². The van der Waals surface area contributed by atoms with Gasteiger partial charge in [0.1, 0.15) is 11.2 Å². The fraction of sp³-hybridized carbons (Fsp3) is 0. The molecule has 7 aromatic carbocycles. The zero-order chi connectivity index (χ0) is 31.6. The van der Waals surface area contributed by atoms with E-state index < -0.39 is 0 Å². The number of benzene rings is 7. The molecule has 0 saturated carbocycles. The first-order chi connectivity index (χ1) is 23.8. The van der Waals surface area contributed by atoms with E-state index in [-0.39, 0.29) is 0 Å². The van der Waals surface area contributed by atoms with Crippen molar-refractivity contribution in [3.05, 3.63) is 152 Å². The highest BCUT2D eigenvalue weighted by atomic mass is 32.1. The van der Waals surface area contributed by atoms with Crippen LogP contribution < -0.4 is 0 Å². The van der Waals surface area contributed by atoms with Crippen LogP contribution in [0.3, 0.4) is 0 Å². The van der Waals surface area contributed by atoms with Crippen LogP contribution in [-0.4, -0.2) is 15.0 Å². The summed E-state index contributed by atoms with van der Waals surface area (Å²) in [6, 6.07) is 52.6. The molecule has 0 radical (unpaired) electrons. The number of rotatable bonds is 4. The molecule has 0 aliphatic rings. The minimum absolute atomic E-state index is 0.612. The molecule has 5 heteroatoms. The normalized spacial score (nSPS) is 11.8. The van der Waals surface area contributed by atoms with Crippen LogP contribution in [0, 0.1) is 0 Å². The average Bonchev–Trinajstić information content (AvgIpc) is 3.73. The van der Waals surface area contributed by atoms with Gasteiger partial charge in [0.05, 0.1) is 0 Å². The van der Waals surface area contributed by atoms with E-state index in [1.54, 1.807) is 0 Å². The molecule has 4 nitrogen and oxygen atoms in total. The maximum atomic E-state index is 6.59. The molecule has 0 fully saturated rings. The van der Waals surface area contributed by atoms with E-state index in [9.17, 15) is 0 Å². The molecule has 0 unspecified atom stereocenters. The third-order valence-electron chi connectivity index (χ3n) is 9.13. The number of thiophene rings is 1. The van der Waals surface area contributed by atoms with Crippen molar-refractivity contribution < 1.29 is 4.42 Å². The first-order valence-corrected chi connectivity index (χ1v) is 16.8. The maximum absolute atomic E-state index is 6.59. The molecule has 0 bridgehead atoms. The molecule has 0 saturated heterocycles. The third kappa shape index (κ3) is 4.25. The van der Waals surface area contributed by atoms with Gasteiger partial charge in [0.15, 0.2) is 17.5 Å². The predicted molar refractivity (Wildman–Crippen MR) is 199 cm³/mol. The number of aromatic nitrogens is 3. The highest BCUT2D eigenvalue weighted by Gasteiger charge is 2.19. The van der Waals surface area contributed by atoms with E-state index in [1.807, 2.05) is 84.1 Å². The second-order valence-electron chi connectivity index (χ2n) is 12.0. The first kappa shape index (κ1) is 27.0. The second-order valence-corrected chi connectivity index (χ2v) is 13.1. The molecule has 10 aromatic rings. The van der Waals surface area contributed by atoms with Gasteiger partial charge < -0.3 is 4.42 Å². The van der Waals surface area contributed by atoms with Crippen molar-refractivity contribution >= 4 is 64.2 Å². The standard InChI is InChI=1S/C43H25N3OS/c1-3-12-26(13-4-1)41-44-42(27-14-5-2-6-15-27)46-43(45-41)33-19-11-20-35-39(33)31-23-22-28(24-36(31)47-35)34-25-38-40(30-17-8-7-16-29(30)34)32-18-9-10-21-37(32)48-38/h1-25H. The van der Waals surface area contributed by atoms with Gasteiger partial charge in [0.25, 0.3) is 0 Å². The molecular weight excluding hydrogens is 607 g/mol. The van der Waals surface area contributed by atoms with Gasteiger partial charge in [-0.25, -0.2) is 15.0 Å². The van der Waals surface area contributed by atoms with E-state index in [4.69, 9.17) is 19.4 Å². The summed E-state index contributed by atoms with van der Waals surface area (Å²) in [5, 5.41) is 7.16. The maximum Gasteiger partial charge on any atom is 0.164 e. The van der Waals surface area contributed by atoms with E-state index in [0.717, 1.165) is 44.2 Å². The molecule has 0 aliphatic heterocycles. The lowest BCUT2D eigenvalue weighted by Gasteiger charge is -2.10. The lowest BCUT2D eigenvalue weighted by molar-refractivity contribution is 0.669. The smallest absolute Gasteiger partial charge is 0.164 e. The Bertz CT molecular complexity index is 2780. The molecule has 0 aliphatic carbocycles. The lowest BCUT2D eigenvalue weighted by atomic mass is 9.94. The predicted octanol–water partition coefficient (Wildman–Crippen LogP) is 12.0. The summed E-state index contributed by atoms with van der Waals surface area (Å²) >= 11 is 1.85. The van der Waals surface area contributed by atoms with Gasteiger partial charge in [0.2, 0.25) is 0 Å². The highest BCUT2D eigenvalue weighted by Crippen LogP contribution is 2.44. The summed E-state index contributed by atoms with van der Waals surface area (Å²) in [4.78, 5) is 14.9. The number of furan rings is 1.